The summed E-state index contributed by atoms with van der Waals surface area (Å²) in [6, 6.07) is 8.60. The maximum absolute atomic E-state index is 6.78. The van der Waals surface area contributed by atoms with E-state index in [0.717, 1.165) is 0 Å². The molecular formula is C15H17ClS. The summed E-state index contributed by atoms with van der Waals surface area (Å²) < 4.78 is 1.36. The third kappa shape index (κ3) is 1.90. The molecule has 0 bridgehead atoms. The molecule has 2 heteroatoms. The zero-order valence-corrected chi connectivity index (χ0v) is 11.7. The Balaban J connectivity index is 2.03. The predicted octanol–water partition coefficient (Wildman–Crippen LogP) is 5.76. The van der Waals surface area contributed by atoms with Crippen molar-refractivity contribution in [2.45, 2.75) is 38.0 Å². The number of rotatable bonds is 2. The van der Waals surface area contributed by atoms with Crippen molar-refractivity contribution in [3.8, 4) is 0 Å². The largest absolute Gasteiger partial charge is 0.143 e. The van der Waals surface area contributed by atoms with Crippen LogP contribution in [0.1, 0.15) is 43.5 Å². The van der Waals surface area contributed by atoms with Gasteiger partial charge in [0.15, 0.2) is 0 Å². The molecule has 3 rings (SSSR count). The van der Waals surface area contributed by atoms with Crippen LogP contribution in [0.3, 0.4) is 0 Å². The highest BCUT2D eigenvalue weighted by Gasteiger charge is 2.37. The third-order valence-corrected chi connectivity index (χ3v) is 5.89. The van der Waals surface area contributed by atoms with Crippen molar-refractivity contribution in [1.29, 1.82) is 0 Å². The summed E-state index contributed by atoms with van der Waals surface area (Å²) in [6.45, 7) is 2.35. The average molecular weight is 265 g/mol. The monoisotopic (exact) mass is 264 g/mol. The van der Waals surface area contributed by atoms with Crippen LogP contribution in [0.15, 0.2) is 29.6 Å². The molecule has 0 N–H and O–H groups in total. The minimum Gasteiger partial charge on any atom is -0.143 e. The van der Waals surface area contributed by atoms with Crippen molar-refractivity contribution in [1.82, 2.24) is 0 Å². The lowest BCUT2D eigenvalue weighted by molar-refractivity contribution is 0.323. The van der Waals surface area contributed by atoms with E-state index in [0.29, 0.717) is 5.41 Å². The highest BCUT2D eigenvalue weighted by Crippen LogP contribution is 2.52. The van der Waals surface area contributed by atoms with Gasteiger partial charge in [-0.1, -0.05) is 38.0 Å². The molecule has 2 aromatic rings. The van der Waals surface area contributed by atoms with Crippen molar-refractivity contribution in [2.75, 3.05) is 0 Å². The minimum atomic E-state index is 0.168. The van der Waals surface area contributed by atoms with Gasteiger partial charge < -0.3 is 0 Å². The third-order valence-electron chi connectivity index (χ3n) is 4.14. The first kappa shape index (κ1) is 11.6. The molecular weight excluding hydrogens is 248 g/mol. The number of hydrogen-bond acceptors (Lipinski definition) is 1. The van der Waals surface area contributed by atoms with Gasteiger partial charge in [0.2, 0.25) is 0 Å². The maximum atomic E-state index is 6.78. The summed E-state index contributed by atoms with van der Waals surface area (Å²) in [6.07, 6.45) is 5.21. The molecule has 1 saturated carbocycles. The number of alkyl halides is 1. The van der Waals surface area contributed by atoms with Crippen LogP contribution in [0.4, 0.5) is 0 Å². The normalized spacial score (nSPS) is 20.8. The molecule has 0 spiro atoms. The minimum absolute atomic E-state index is 0.168. The molecule has 0 radical (unpaired) electrons. The van der Waals surface area contributed by atoms with Crippen molar-refractivity contribution in [3.05, 3.63) is 35.2 Å². The van der Waals surface area contributed by atoms with E-state index in [1.54, 1.807) is 0 Å². The molecule has 1 atom stereocenters. The number of thiophene rings is 1. The van der Waals surface area contributed by atoms with Gasteiger partial charge in [-0.15, -0.1) is 22.9 Å². The van der Waals surface area contributed by atoms with E-state index in [9.17, 15) is 0 Å². The summed E-state index contributed by atoms with van der Waals surface area (Å²) in [4.78, 5) is 0. The Kier molecular flexibility index (Phi) is 2.92. The van der Waals surface area contributed by atoms with Crippen LogP contribution < -0.4 is 0 Å². The summed E-state index contributed by atoms with van der Waals surface area (Å²) in [5.41, 5.74) is 1.64. The fourth-order valence-corrected chi connectivity index (χ4v) is 4.47. The van der Waals surface area contributed by atoms with E-state index in [1.165, 1.54) is 41.3 Å². The SMILES string of the molecule is CC1(C(Cl)c2csc3ccccc23)CCCC1. The summed E-state index contributed by atoms with van der Waals surface area (Å²) in [5, 5.41) is 3.78. The Bertz CT molecular complexity index is 522. The summed E-state index contributed by atoms with van der Waals surface area (Å²) in [7, 11) is 0. The van der Waals surface area contributed by atoms with Crippen molar-refractivity contribution < 1.29 is 0 Å². The van der Waals surface area contributed by atoms with Crippen molar-refractivity contribution in [3.63, 3.8) is 0 Å². The van der Waals surface area contributed by atoms with Gasteiger partial charge >= 0.3 is 0 Å². The van der Waals surface area contributed by atoms with Gasteiger partial charge in [0.1, 0.15) is 0 Å². The summed E-state index contributed by atoms with van der Waals surface area (Å²) >= 11 is 8.60. The topological polar surface area (TPSA) is 0 Å². The molecule has 0 amide bonds. The fourth-order valence-electron chi connectivity index (χ4n) is 3.01. The zero-order chi connectivity index (χ0) is 11.9. The van der Waals surface area contributed by atoms with Gasteiger partial charge in [-0.3, -0.25) is 0 Å². The lowest BCUT2D eigenvalue weighted by atomic mass is 9.81. The molecule has 1 fully saturated rings. The Hall–Kier alpha value is -0.530. The van der Waals surface area contributed by atoms with Crippen LogP contribution in [-0.4, -0.2) is 0 Å². The number of halogens is 1. The van der Waals surface area contributed by atoms with Crippen LogP contribution >= 0.6 is 22.9 Å². The standard InChI is InChI=1S/C15H17ClS/c1-15(8-4-5-9-15)14(16)12-10-17-13-7-3-2-6-11(12)13/h2-3,6-7,10,14H,4-5,8-9H2,1H3. The quantitative estimate of drug-likeness (QED) is 0.605. The molecule has 1 heterocycles. The highest BCUT2D eigenvalue weighted by atomic mass is 35.5. The second-order valence-electron chi connectivity index (χ2n) is 5.41. The van der Waals surface area contributed by atoms with Gasteiger partial charge in [0.05, 0.1) is 5.38 Å². The van der Waals surface area contributed by atoms with Gasteiger partial charge in [-0.25, -0.2) is 0 Å². The highest BCUT2D eigenvalue weighted by molar-refractivity contribution is 7.17. The van der Waals surface area contributed by atoms with Gasteiger partial charge in [0.25, 0.3) is 0 Å². The summed E-state index contributed by atoms with van der Waals surface area (Å²) in [5.74, 6) is 0. The molecule has 1 unspecified atom stereocenters. The second kappa shape index (κ2) is 4.29. The molecule has 17 heavy (non-hydrogen) atoms. The van der Waals surface area contributed by atoms with E-state index in [-0.39, 0.29) is 5.38 Å². The van der Waals surface area contributed by atoms with Crippen molar-refractivity contribution >= 4 is 33.0 Å². The van der Waals surface area contributed by atoms with E-state index in [4.69, 9.17) is 11.6 Å². The molecule has 1 aromatic carbocycles. The fraction of sp³-hybridized carbons (Fsp3) is 0.467. The maximum Gasteiger partial charge on any atom is 0.0653 e. The Morgan fingerprint density at radius 3 is 2.71 bits per heavy atom. The van der Waals surface area contributed by atoms with Crippen LogP contribution in [0, 0.1) is 5.41 Å². The smallest absolute Gasteiger partial charge is 0.0653 e. The number of fused-ring (bicyclic) bond motifs is 1. The second-order valence-corrected chi connectivity index (χ2v) is 6.76. The first-order valence-corrected chi connectivity index (χ1v) is 7.62. The van der Waals surface area contributed by atoms with Gasteiger partial charge in [0, 0.05) is 4.70 Å². The zero-order valence-electron chi connectivity index (χ0n) is 10.1. The average Bonchev–Trinajstić information content (AvgIpc) is 2.95. The number of hydrogen-bond donors (Lipinski definition) is 0. The Morgan fingerprint density at radius 2 is 1.94 bits per heavy atom. The molecule has 0 aliphatic heterocycles. The molecule has 0 nitrogen and oxygen atoms in total. The van der Waals surface area contributed by atoms with Crippen molar-refractivity contribution in [2.24, 2.45) is 5.41 Å². The number of benzene rings is 1. The molecule has 1 aliphatic rings. The van der Waals surface area contributed by atoms with E-state index in [1.807, 2.05) is 11.3 Å². The van der Waals surface area contributed by atoms with E-state index < -0.39 is 0 Å². The predicted molar refractivity (Wildman–Crippen MR) is 77.0 cm³/mol. The van der Waals surface area contributed by atoms with Crippen LogP contribution in [0.5, 0.6) is 0 Å². The molecule has 1 aromatic heterocycles. The van der Waals surface area contributed by atoms with Crippen LogP contribution in [0.25, 0.3) is 10.1 Å². The van der Waals surface area contributed by atoms with Crippen LogP contribution in [0.2, 0.25) is 0 Å². The lowest BCUT2D eigenvalue weighted by Crippen LogP contribution is -2.17. The molecule has 90 valence electrons. The van der Waals surface area contributed by atoms with Gasteiger partial charge in [-0.05, 0) is 40.7 Å². The lowest BCUT2D eigenvalue weighted by Gasteiger charge is -2.29. The first-order valence-electron chi connectivity index (χ1n) is 6.31. The van der Waals surface area contributed by atoms with Crippen LogP contribution in [-0.2, 0) is 0 Å². The first-order chi connectivity index (χ1) is 8.21. The molecule has 0 saturated heterocycles. The Morgan fingerprint density at radius 1 is 1.24 bits per heavy atom. The Labute approximate surface area is 112 Å². The van der Waals surface area contributed by atoms with E-state index in [2.05, 4.69) is 36.6 Å². The van der Waals surface area contributed by atoms with Gasteiger partial charge in [-0.2, -0.15) is 0 Å². The van der Waals surface area contributed by atoms with E-state index >= 15 is 0 Å². The molecule has 1 aliphatic carbocycles.